The number of aromatic carboxylic acids is 1. The van der Waals surface area contributed by atoms with Crippen molar-refractivity contribution in [3.63, 3.8) is 0 Å². The van der Waals surface area contributed by atoms with Crippen molar-refractivity contribution < 1.29 is 14.6 Å². The third-order valence-corrected chi connectivity index (χ3v) is 2.91. The van der Waals surface area contributed by atoms with Crippen LogP contribution in [0.4, 0.5) is 0 Å². The quantitative estimate of drug-likeness (QED) is 0.915. The molecule has 0 aliphatic rings. The highest BCUT2D eigenvalue weighted by Gasteiger charge is 2.12. The van der Waals surface area contributed by atoms with Gasteiger partial charge < -0.3 is 14.4 Å². The third-order valence-electron chi connectivity index (χ3n) is 2.67. The lowest BCUT2D eigenvalue weighted by Crippen LogP contribution is -2.08. The van der Waals surface area contributed by atoms with E-state index in [0.717, 1.165) is 12.4 Å². The Labute approximate surface area is 115 Å². The van der Waals surface area contributed by atoms with Crippen molar-refractivity contribution >= 4 is 17.6 Å². The van der Waals surface area contributed by atoms with Crippen LogP contribution >= 0.6 is 11.6 Å². The van der Waals surface area contributed by atoms with E-state index in [-0.39, 0.29) is 17.9 Å². The topological polar surface area (TPSA) is 64.4 Å². The minimum absolute atomic E-state index is 0.0824. The van der Waals surface area contributed by atoms with Gasteiger partial charge in [0.15, 0.2) is 0 Å². The van der Waals surface area contributed by atoms with E-state index in [4.69, 9.17) is 21.4 Å². The van der Waals surface area contributed by atoms with E-state index >= 15 is 0 Å². The molecule has 0 amide bonds. The number of carboxylic acids is 1. The summed E-state index contributed by atoms with van der Waals surface area (Å²) in [6.07, 6.45) is 3.52. The fourth-order valence-corrected chi connectivity index (χ4v) is 1.86. The highest BCUT2D eigenvalue weighted by Crippen LogP contribution is 2.24. The first-order valence-electron chi connectivity index (χ1n) is 5.77. The predicted octanol–water partition coefficient (Wildman–Crippen LogP) is 2.83. The van der Waals surface area contributed by atoms with Gasteiger partial charge in [-0.05, 0) is 25.1 Å². The zero-order chi connectivity index (χ0) is 13.8. The molecule has 0 radical (unpaired) electrons. The van der Waals surface area contributed by atoms with Crippen LogP contribution in [0.15, 0.2) is 30.6 Å². The number of hydrogen-bond acceptors (Lipinski definition) is 3. The van der Waals surface area contributed by atoms with Crippen LogP contribution in [0.3, 0.4) is 0 Å². The van der Waals surface area contributed by atoms with Gasteiger partial charge in [0.25, 0.3) is 0 Å². The molecule has 0 aliphatic heterocycles. The van der Waals surface area contributed by atoms with E-state index in [0.29, 0.717) is 5.02 Å². The van der Waals surface area contributed by atoms with E-state index in [1.807, 2.05) is 17.7 Å². The maximum absolute atomic E-state index is 11.1. The van der Waals surface area contributed by atoms with Gasteiger partial charge in [-0.15, -0.1) is 0 Å². The Bertz CT molecular complexity index is 595. The molecule has 2 aromatic rings. The summed E-state index contributed by atoms with van der Waals surface area (Å²) >= 11 is 5.85. The normalized spacial score (nSPS) is 10.4. The molecule has 1 N–H and O–H groups in total. The lowest BCUT2D eigenvalue weighted by atomic mass is 10.2. The number of halogens is 1. The second kappa shape index (κ2) is 5.75. The van der Waals surface area contributed by atoms with Crippen LogP contribution in [0.5, 0.6) is 5.75 Å². The van der Waals surface area contributed by atoms with Crippen molar-refractivity contribution in [1.29, 1.82) is 0 Å². The molecule has 2 rings (SSSR count). The first-order chi connectivity index (χ1) is 9.11. The van der Waals surface area contributed by atoms with Crippen LogP contribution in [0.1, 0.15) is 23.1 Å². The van der Waals surface area contributed by atoms with Crippen LogP contribution in [0, 0.1) is 0 Å². The summed E-state index contributed by atoms with van der Waals surface area (Å²) in [5, 5.41) is 9.50. The molecule has 1 aromatic heterocycles. The largest absolute Gasteiger partial charge is 0.485 e. The summed E-state index contributed by atoms with van der Waals surface area (Å²) in [7, 11) is 0. The fraction of sp³-hybridized carbons (Fsp3) is 0.231. The molecule has 6 heteroatoms. The number of nitrogens with zero attached hydrogens (tertiary/aromatic N) is 2. The number of ether oxygens (including phenoxy) is 1. The Morgan fingerprint density at radius 3 is 3.00 bits per heavy atom. The third kappa shape index (κ3) is 3.06. The number of carboxylic acid groups (broad SMARTS) is 1. The molecule has 0 unspecified atom stereocenters. The Balaban J connectivity index is 2.19. The predicted molar refractivity (Wildman–Crippen MR) is 70.6 cm³/mol. The highest BCUT2D eigenvalue weighted by molar-refractivity contribution is 6.30. The number of rotatable bonds is 5. The second-order valence-corrected chi connectivity index (χ2v) is 4.30. The maximum Gasteiger partial charge on any atom is 0.339 e. The van der Waals surface area contributed by atoms with E-state index in [1.165, 1.54) is 18.2 Å². The molecule has 1 heterocycles. The van der Waals surface area contributed by atoms with Crippen molar-refractivity contribution in [2.45, 2.75) is 20.1 Å². The van der Waals surface area contributed by atoms with Gasteiger partial charge in [-0.3, -0.25) is 0 Å². The molecular weight excluding hydrogens is 268 g/mol. The van der Waals surface area contributed by atoms with Gasteiger partial charge in [0.05, 0.1) is 0 Å². The Morgan fingerprint density at radius 2 is 2.32 bits per heavy atom. The van der Waals surface area contributed by atoms with Crippen LogP contribution in [-0.2, 0) is 13.2 Å². The molecule has 0 fully saturated rings. The highest BCUT2D eigenvalue weighted by atomic mass is 35.5. The van der Waals surface area contributed by atoms with Crippen LogP contribution in [-0.4, -0.2) is 20.6 Å². The molecule has 1 aromatic carbocycles. The van der Waals surface area contributed by atoms with Crippen molar-refractivity contribution in [1.82, 2.24) is 9.55 Å². The summed E-state index contributed by atoms with van der Waals surface area (Å²) in [5.41, 5.74) is 0.0824. The van der Waals surface area contributed by atoms with Gasteiger partial charge >= 0.3 is 5.97 Å². The van der Waals surface area contributed by atoms with E-state index in [1.54, 1.807) is 6.20 Å². The molecule has 5 nitrogen and oxygen atoms in total. The number of hydrogen-bond donors (Lipinski definition) is 1. The summed E-state index contributed by atoms with van der Waals surface area (Å²) in [4.78, 5) is 15.2. The van der Waals surface area contributed by atoms with Crippen molar-refractivity contribution in [2.24, 2.45) is 0 Å². The maximum atomic E-state index is 11.1. The molecule has 0 bridgehead atoms. The van der Waals surface area contributed by atoms with Gasteiger partial charge in [-0.1, -0.05) is 11.6 Å². The number of imidazole rings is 1. The lowest BCUT2D eigenvalue weighted by molar-refractivity contribution is 0.0691. The Hall–Kier alpha value is -2.01. The minimum Gasteiger partial charge on any atom is -0.485 e. The van der Waals surface area contributed by atoms with Gasteiger partial charge in [0.1, 0.15) is 23.7 Å². The van der Waals surface area contributed by atoms with Gasteiger partial charge in [0.2, 0.25) is 0 Å². The zero-order valence-corrected chi connectivity index (χ0v) is 11.1. The summed E-state index contributed by atoms with van der Waals surface area (Å²) in [6.45, 7) is 2.97. The lowest BCUT2D eigenvalue weighted by Gasteiger charge is -2.10. The summed E-state index contributed by atoms with van der Waals surface area (Å²) < 4.78 is 7.44. The second-order valence-electron chi connectivity index (χ2n) is 3.86. The Kier molecular flexibility index (Phi) is 4.06. The molecule has 0 spiro atoms. The monoisotopic (exact) mass is 280 g/mol. The molecule has 19 heavy (non-hydrogen) atoms. The first kappa shape index (κ1) is 13.4. The molecule has 0 saturated carbocycles. The molecule has 100 valence electrons. The number of aryl methyl sites for hydroxylation is 1. The summed E-state index contributed by atoms with van der Waals surface area (Å²) in [6, 6.07) is 4.43. The average Bonchev–Trinajstić information content (AvgIpc) is 2.83. The van der Waals surface area contributed by atoms with Crippen LogP contribution < -0.4 is 4.74 Å². The van der Waals surface area contributed by atoms with E-state index in [9.17, 15) is 4.79 Å². The first-order valence-corrected chi connectivity index (χ1v) is 6.15. The smallest absolute Gasteiger partial charge is 0.339 e. The van der Waals surface area contributed by atoms with Gasteiger partial charge in [0, 0.05) is 24.0 Å². The SMILES string of the molecule is CCn1ccnc1COc1cc(Cl)ccc1C(=O)O. The van der Waals surface area contributed by atoms with Crippen molar-refractivity contribution in [3.8, 4) is 5.75 Å². The zero-order valence-electron chi connectivity index (χ0n) is 10.3. The molecule has 0 saturated heterocycles. The van der Waals surface area contributed by atoms with E-state index in [2.05, 4.69) is 4.98 Å². The van der Waals surface area contributed by atoms with Gasteiger partial charge in [-0.25, -0.2) is 9.78 Å². The standard InChI is InChI=1S/C13H13ClN2O3/c1-2-16-6-5-15-12(16)8-19-11-7-9(14)3-4-10(11)13(17)18/h3-7H,2,8H2,1H3,(H,17,18). The molecule has 0 aliphatic carbocycles. The van der Waals surface area contributed by atoms with Crippen molar-refractivity contribution in [2.75, 3.05) is 0 Å². The van der Waals surface area contributed by atoms with Crippen molar-refractivity contribution in [3.05, 3.63) is 47.0 Å². The van der Waals surface area contributed by atoms with E-state index < -0.39 is 5.97 Å². The number of benzene rings is 1. The average molecular weight is 281 g/mol. The Morgan fingerprint density at radius 1 is 1.53 bits per heavy atom. The minimum atomic E-state index is -1.05. The number of aromatic nitrogens is 2. The molecular formula is C13H13ClN2O3. The number of carbonyl (C=O) groups is 1. The molecule has 0 atom stereocenters. The van der Waals surface area contributed by atoms with Crippen LogP contribution in [0.2, 0.25) is 5.02 Å². The van der Waals surface area contributed by atoms with Crippen LogP contribution in [0.25, 0.3) is 0 Å². The fourth-order valence-electron chi connectivity index (χ4n) is 1.70. The van der Waals surface area contributed by atoms with Gasteiger partial charge in [-0.2, -0.15) is 0 Å². The summed E-state index contributed by atoms with van der Waals surface area (Å²) in [5.74, 6) is -0.0741.